The van der Waals surface area contributed by atoms with Crippen LogP contribution >= 0.6 is 0 Å². The van der Waals surface area contributed by atoms with E-state index in [2.05, 4.69) is 0 Å². The van der Waals surface area contributed by atoms with Gasteiger partial charge in [-0.05, 0) is 30.0 Å². The van der Waals surface area contributed by atoms with Crippen molar-refractivity contribution in [3.8, 4) is 5.75 Å². The maximum atomic E-state index is 11.4. The molecule has 0 aliphatic heterocycles. The lowest BCUT2D eigenvalue weighted by molar-refractivity contribution is -0.144. The first-order valence-corrected chi connectivity index (χ1v) is 5.90. The fourth-order valence-corrected chi connectivity index (χ4v) is 1.41. The Balaban J connectivity index is 2.36. The fourth-order valence-electron chi connectivity index (χ4n) is 1.41. The van der Waals surface area contributed by atoms with Gasteiger partial charge in [0.1, 0.15) is 5.75 Å². The zero-order valence-electron chi connectivity index (χ0n) is 10.7. The number of hydrogen-bond acceptors (Lipinski definition) is 3. The lowest BCUT2D eigenvalue weighted by atomic mass is 10.1. The summed E-state index contributed by atoms with van der Waals surface area (Å²) < 4.78 is 10.2. The highest BCUT2D eigenvalue weighted by atomic mass is 16.5. The number of ether oxygens (including phenoxy) is 2. The van der Waals surface area contributed by atoms with Crippen LogP contribution in [-0.4, -0.2) is 19.7 Å². The Kier molecular flexibility index (Phi) is 5.53. The smallest absolute Gasteiger partial charge is 0.306 e. The summed E-state index contributed by atoms with van der Waals surface area (Å²) in [5.74, 6) is 1.07. The van der Waals surface area contributed by atoms with E-state index in [9.17, 15) is 4.79 Å². The molecule has 0 aliphatic carbocycles. The van der Waals surface area contributed by atoms with Crippen LogP contribution in [-0.2, 0) is 16.0 Å². The van der Waals surface area contributed by atoms with Crippen molar-refractivity contribution in [3.63, 3.8) is 0 Å². The quantitative estimate of drug-likeness (QED) is 0.712. The molecule has 0 spiro atoms. The SMILES string of the molecule is COc1cccc(CCC(=O)OCC(C)C)c1. The molecule has 0 heterocycles. The third-order valence-electron chi connectivity index (χ3n) is 2.33. The van der Waals surface area contributed by atoms with Crippen LogP contribution in [0.15, 0.2) is 24.3 Å². The van der Waals surface area contributed by atoms with Crippen LogP contribution in [0.25, 0.3) is 0 Å². The predicted molar refractivity (Wildman–Crippen MR) is 67.1 cm³/mol. The molecule has 0 unspecified atom stereocenters. The van der Waals surface area contributed by atoms with Gasteiger partial charge in [0.25, 0.3) is 0 Å². The van der Waals surface area contributed by atoms with E-state index < -0.39 is 0 Å². The van der Waals surface area contributed by atoms with Crippen LogP contribution in [0.2, 0.25) is 0 Å². The molecular weight excluding hydrogens is 216 g/mol. The molecular formula is C14H20O3. The molecule has 0 radical (unpaired) electrons. The molecule has 1 aromatic carbocycles. The maximum absolute atomic E-state index is 11.4. The van der Waals surface area contributed by atoms with E-state index in [-0.39, 0.29) is 5.97 Å². The van der Waals surface area contributed by atoms with E-state index in [1.165, 1.54) is 0 Å². The minimum atomic E-state index is -0.137. The number of aryl methyl sites for hydroxylation is 1. The third kappa shape index (κ3) is 5.38. The number of hydrogen-bond donors (Lipinski definition) is 0. The molecule has 0 N–H and O–H groups in total. The first-order valence-electron chi connectivity index (χ1n) is 5.90. The van der Waals surface area contributed by atoms with Gasteiger partial charge in [-0.1, -0.05) is 26.0 Å². The fraction of sp³-hybridized carbons (Fsp3) is 0.500. The first-order chi connectivity index (χ1) is 8.11. The molecule has 17 heavy (non-hydrogen) atoms. The van der Waals surface area contributed by atoms with Gasteiger partial charge in [-0.3, -0.25) is 4.79 Å². The lowest BCUT2D eigenvalue weighted by Crippen LogP contribution is -2.10. The summed E-state index contributed by atoms with van der Waals surface area (Å²) in [4.78, 5) is 11.4. The van der Waals surface area contributed by atoms with E-state index in [1.807, 2.05) is 38.1 Å². The first kappa shape index (κ1) is 13.6. The summed E-state index contributed by atoms with van der Waals surface area (Å²) in [7, 11) is 1.63. The Labute approximate surface area is 103 Å². The van der Waals surface area contributed by atoms with Crippen molar-refractivity contribution in [2.75, 3.05) is 13.7 Å². The van der Waals surface area contributed by atoms with Gasteiger partial charge < -0.3 is 9.47 Å². The second-order valence-corrected chi connectivity index (χ2v) is 4.43. The van der Waals surface area contributed by atoms with Gasteiger partial charge in [0.05, 0.1) is 13.7 Å². The third-order valence-corrected chi connectivity index (χ3v) is 2.33. The van der Waals surface area contributed by atoms with Gasteiger partial charge in [0.2, 0.25) is 0 Å². The van der Waals surface area contributed by atoms with Gasteiger partial charge in [-0.2, -0.15) is 0 Å². The summed E-state index contributed by atoms with van der Waals surface area (Å²) in [5, 5.41) is 0. The van der Waals surface area contributed by atoms with Crippen LogP contribution in [0.5, 0.6) is 5.75 Å². The van der Waals surface area contributed by atoms with Crippen LogP contribution in [0.4, 0.5) is 0 Å². The van der Waals surface area contributed by atoms with E-state index in [4.69, 9.17) is 9.47 Å². The lowest BCUT2D eigenvalue weighted by Gasteiger charge is -2.07. The Morgan fingerprint density at radius 3 is 2.76 bits per heavy atom. The number of carbonyl (C=O) groups is 1. The van der Waals surface area contributed by atoms with Crippen LogP contribution in [0.1, 0.15) is 25.8 Å². The summed E-state index contributed by atoms with van der Waals surface area (Å²) >= 11 is 0. The molecule has 94 valence electrons. The molecule has 1 rings (SSSR count). The van der Waals surface area contributed by atoms with E-state index in [0.717, 1.165) is 11.3 Å². The Hall–Kier alpha value is -1.51. The molecule has 0 amide bonds. The van der Waals surface area contributed by atoms with Crippen molar-refractivity contribution in [3.05, 3.63) is 29.8 Å². The Bertz CT molecular complexity index is 358. The topological polar surface area (TPSA) is 35.5 Å². The summed E-state index contributed by atoms with van der Waals surface area (Å²) in [6.07, 6.45) is 1.11. The molecule has 0 saturated heterocycles. The summed E-state index contributed by atoms with van der Waals surface area (Å²) in [6, 6.07) is 7.74. The van der Waals surface area contributed by atoms with Gasteiger partial charge in [0, 0.05) is 6.42 Å². The number of rotatable bonds is 6. The normalized spacial score (nSPS) is 10.4. The predicted octanol–water partition coefficient (Wildman–Crippen LogP) is 2.83. The van der Waals surface area contributed by atoms with Crippen molar-refractivity contribution in [2.45, 2.75) is 26.7 Å². The molecule has 0 fully saturated rings. The molecule has 0 aromatic heterocycles. The second-order valence-electron chi connectivity index (χ2n) is 4.43. The molecule has 0 atom stereocenters. The average molecular weight is 236 g/mol. The van der Waals surface area contributed by atoms with Crippen molar-refractivity contribution in [1.29, 1.82) is 0 Å². The van der Waals surface area contributed by atoms with Gasteiger partial charge in [-0.15, -0.1) is 0 Å². The minimum absolute atomic E-state index is 0.137. The van der Waals surface area contributed by atoms with Gasteiger partial charge in [-0.25, -0.2) is 0 Å². The van der Waals surface area contributed by atoms with Crippen molar-refractivity contribution < 1.29 is 14.3 Å². The van der Waals surface area contributed by atoms with E-state index in [1.54, 1.807) is 7.11 Å². The van der Waals surface area contributed by atoms with Crippen LogP contribution < -0.4 is 4.74 Å². The van der Waals surface area contributed by atoms with E-state index >= 15 is 0 Å². The number of methoxy groups -OCH3 is 1. The van der Waals surface area contributed by atoms with Crippen LogP contribution in [0, 0.1) is 5.92 Å². The van der Waals surface area contributed by atoms with Crippen LogP contribution in [0.3, 0.4) is 0 Å². The second kappa shape index (κ2) is 6.94. The highest BCUT2D eigenvalue weighted by molar-refractivity contribution is 5.69. The number of benzene rings is 1. The molecule has 3 heteroatoms. The molecule has 0 saturated carbocycles. The standard InChI is InChI=1S/C14H20O3/c1-11(2)10-17-14(15)8-7-12-5-4-6-13(9-12)16-3/h4-6,9,11H,7-8,10H2,1-3H3. The van der Waals surface area contributed by atoms with E-state index in [0.29, 0.717) is 25.4 Å². The Morgan fingerprint density at radius 1 is 1.35 bits per heavy atom. The van der Waals surface area contributed by atoms with Gasteiger partial charge >= 0.3 is 5.97 Å². The average Bonchev–Trinajstić information content (AvgIpc) is 2.34. The minimum Gasteiger partial charge on any atom is -0.497 e. The largest absolute Gasteiger partial charge is 0.497 e. The Morgan fingerprint density at radius 2 is 2.12 bits per heavy atom. The molecule has 1 aromatic rings. The zero-order valence-corrected chi connectivity index (χ0v) is 10.7. The highest BCUT2D eigenvalue weighted by Gasteiger charge is 2.05. The summed E-state index contributed by atoms with van der Waals surface area (Å²) in [6.45, 7) is 4.54. The van der Waals surface area contributed by atoms with Crippen molar-refractivity contribution in [2.24, 2.45) is 5.92 Å². The monoisotopic (exact) mass is 236 g/mol. The van der Waals surface area contributed by atoms with Crippen molar-refractivity contribution >= 4 is 5.97 Å². The number of carbonyl (C=O) groups excluding carboxylic acids is 1. The summed E-state index contributed by atoms with van der Waals surface area (Å²) in [5.41, 5.74) is 1.09. The van der Waals surface area contributed by atoms with Crippen molar-refractivity contribution in [1.82, 2.24) is 0 Å². The molecule has 0 bridgehead atoms. The molecule has 0 aliphatic rings. The van der Waals surface area contributed by atoms with Gasteiger partial charge in [0.15, 0.2) is 0 Å². The highest BCUT2D eigenvalue weighted by Crippen LogP contribution is 2.14. The number of esters is 1. The molecule has 3 nitrogen and oxygen atoms in total. The maximum Gasteiger partial charge on any atom is 0.306 e. The zero-order chi connectivity index (χ0) is 12.7.